The zero-order chi connectivity index (χ0) is 20.6. The quantitative estimate of drug-likeness (QED) is 0.712. The SMILES string of the molecule is CC1(C)Cc2nc3c(cc2CO1)c(=O)n(CCCO)c(=O)n3Cc1ccccc1. The molecule has 7 nitrogen and oxygen atoms in total. The van der Waals surface area contributed by atoms with Crippen molar-refractivity contribution in [2.24, 2.45) is 0 Å². The number of aromatic nitrogens is 3. The fourth-order valence-electron chi connectivity index (χ4n) is 3.75. The zero-order valence-corrected chi connectivity index (χ0v) is 16.7. The fraction of sp³-hybridized carbons (Fsp3) is 0.409. The summed E-state index contributed by atoms with van der Waals surface area (Å²) in [6.45, 7) is 4.80. The highest BCUT2D eigenvalue weighted by molar-refractivity contribution is 5.75. The molecule has 0 bridgehead atoms. The van der Waals surface area contributed by atoms with E-state index in [0.29, 0.717) is 37.0 Å². The Kier molecular flexibility index (Phi) is 5.10. The Bertz CT molecular complexity index is 1160. The van der Waals surface area contributed by atoms with Crippen LogP contribution in [-0.4, -0.2) is 31.4 Å². The first kappa shape index (κ1) is 19.5. The van der Waals surface area contributed by atoms with Crippen LogP contribution in [0.5, 0.6) is 0 Å². The first-order valence-corrected chi connectivity index (χ1v) is 9.84. The highest BCUT2D eigenvalue weighted by atomic mass is 16.5. The smallest absolute Gasteiger partial charge is 0.332 e. The van der Waals surface area contributed by atoms with E-state index < -0.39 is 5.69 Å². The van der Waals surface area contributed by atoms with Crippen LogP contribution < -0.4 is 11.2 Å². The molecule has 1 N–H and O–H groups in total. The molecule has 1 aromatic carbocycles. The molecule has 0 spiro atoms. The summed E-state index contributed by atoms with van der Waals surface area (Å²) in [4.78, 5) is 31.0. The monoisotopic (exact) mass is 395 g/mol. The van der Waals surface area contributed by atoms with E-state index in [4.69, 9.17) is 9.72 Å². The normalized spacial score (nSPS) is 15.4. The van der Waals surface area contributed by atoms with E-state index >= 15 is 0 Å². The number of aliphatic hydroxyl groups excluding tert-OH is 1. The van der Waals surface area contributed by atoms with Crippen molar-refractivity contribution in [1.82, 2.24) is 14.1 Å². The minimum Gasteiger partial charge on any atom is -0.396 e. The summed E-state index contributed by atoms with van der Waals surface area (Å²) in [5.74, 6) is 0. The fourth-order valence-corrected chi connectivity index (χ4v) is 3.75. The summed E-state index contributed by atoms with van der Waals surface area (Å²) >= 11 is 0. The molecule has 0 atom stereocenters. The van der Waals surface area contributed by atoms with Gasteiger partial charge in [0.25, 0.3) is 5.56 Å². The van der Waals surface area contributed by atoms with E-state index in [1.54, 1.807) is 4.57 Å². The van der Waals surface area contributed by atoms with Gasteiger partial charge in [0.2, 0.25) is 0 Å². The molecule has 4 rings (SSSR count). The van der Waals surface area contributed by atoms with Crippen LogP contribution in [0.25, 0.3) is 11.0 Å². The second-order valence-electron chi connectivity index (χ2n) is 8.08. The third-order valence-corrected chi connectivity index (χ3v) is 5.30. The predicted molar refractivity (Wildman–Crippen MR) is 110 cm³/mol. The maximum absolute atomic E-state index is 13.2. The molecule has 0 amide bonds. The third kappa shape index (κ3) is 3.75. The number of benzene rings is 1. The van der Waals surface area contributed by atoms with Crippen molar-refractivity contribution in [3.8, 4) is 0 Å². The van der Waals surface area contributed by atoms with Gasteiger partial charge < -0.3 is 9.84 Å². The van der Waals surface area contributed by atoms with Crippen molar-refractivity contribution in [2.45, 2.75) is 52.0 Å². The summed E-state index contributed by atoms with van der Waals surface area (Å²) in [6, 6.07) is 11.4. The van der Waals surface area contributed by atoms with Gasteiger partial charge in [-0.2, -0.15) is 0 Å². The third-order valence-electron chi connectivity index (χ3n) is 5.30. The molecule has 1 aliphatic heterocycles. The summed E-state index contributed by atoms with van der Waals surface area (Å²) in [5.41, 5.74) is 1.98. The minimum absolute atomic E-state index is 0.0893. The summed E-state index contributed by atoms with van der Waals surface area (Å²) in [5, 5.41) is 9.58. The van der Waals surface area contributed by atoms with Crippen LogP contribution in [0.2, 0.25) is 0 Å². The van der Waals surface area contributed by atoms with Gasteiger partial charge in [-0.25, -0.2) is 9.78 Å². The molecule has 0 unspecified atom stereocenters. The number of hydrogen-bond acceptors (Lipinski definition) is 5. The average molecular weight is 395 g/mol. The van der Waals surface area contributed by atoms with E-state index in [-0.39, 0.29) is 24.3 Å². The van der Waals surface area contributed by atoms with Gasteiger partial charge in [0, 0.05) is 25.1 Å². The van der Waals surface area contributed by atoms with Crippen molar-refractivity contribution in [3.05, 3.63) is 74.1 Å². The zero-order valence-electron chi connectivity index (χ0n) is 16.7. The minimum atomic E-state index is -0.404. The molecule has 0 aliphatic carbocycles. The van der Waals surface area contributed by atoms with Gasteiger partial charge in [0.15, 0.2) is 0 Å². The molecule has 29 heavy (non-hydrogen) atoms. The van der Waals surface area contributed by atoms with Gasteiger partial charge in [-0.3, -0.25) is 13.9 Å². The Morgan fingerprint density at radius 2 is 1.93 bits per heavy atom. The number of hydrogen-bond donors (Lipinski definition) is 1. The van der Waals surface area contributed by atoms with Crippen molar-refractivity contribution in [3.63, 3.8) is 0 Å². The molecule has 0 radical (unpaired) electrons. The Morgan fingerprint density at radius 1 is 1.17 bits per heavy atom. The Balaban J connectivity index is 1.96. The molecule has 0 saturated carbocycles. The van der Waals surface area contributed by atoms with Gasteiger partial charge in [-0.15, -0.1) is 0 Å². The van der Waals surface area contributed by atoms with Crippen LogP contribution >= 0.6 is 0 Å². The first-order valence-electron chi connectivity index (χ1n) is 9.84. The molecule has 152 valence electrons. The van der Waals surface area contributed by atoms with Crippen molar-refractivity contribution in [1.29, 1.82) is 0 Å². The lowest BCUT2D eigenvalue weighted by Crippen LogP contribution is -2.41. The Morgan fingerprint density at radius 3 is 2.66 bits per heavy atom. The summed E-state index contributed by atoms with van der Waals surface area (Å²) in [6.07, 6.45) is 0.951. The van der Waals surface area contributed by atoms with E-state index in [1.807, 2.05) is 50.2 Å². The summed E-state index contributed by atoms with van der Waals surface area (Å²) in [7, 11) is 0. The van der Waals surface area contributed by atoms with E-state index in [9.17, 15) is 14.7 Å². The van der Waals surface area contributed by atoms with E-state index in [1.165, 1.54) is 4.57 Å². The maximum atomic E-state index is 13.2. The highest BCUT2D eigenvalue weighted by Crippen LogP contribution is 2.28. The lowest BCUT2D eigenvalue weighted by molar-refractivity contribution is -0.0411. The number of pyridine rings is 1. The van der Waals surface area contributed by atoms with E-state index in [2.05, 4.69) is 0 Å². The Hall–Kier alpha value is -2.77. The topological polar surface area (TPSA) is 86.3 Å². The number of ether oxygens (including phenoxy) is 1. The number of aliphatic hydroxyl groups is 1. The van der Waals surface area contributed by atoms with Gasteiger partial charge in [-0.1, -0.05) is 30.3 Å². The van der Waals surface area contributed by atoms with Crippen LogP contribution in [0.1, 0.15) is 37.1 Å². The first-order chi connectivity index (χ1) is 13.9. The molecular weight excluding hydrogens is 370 g/mol. The molecular formula is C22H25N3O4. The molecule has 3 heterocycles. The van der Waals surface area contributed by atoms with Crippen LogP contribution in [0, 0.1) is 0 Å². The van der Waals surface area contributed by atoms with Crippen molar-refractivity contribution >= 4 is 11.0 Å². The molecule has 1 aliphatic rings. The largest absolute Gasteiger partial charge is 0.396 e. The van der Waals surface area contributed by atoms with Crippen molar-refractivity contribution in [2.75, 3.05) is 6.61 Å². The molecule has 2 aromatic heterocycles. The van der Waals surface area contributed by atoms with Gasteiger partial charge in [-0.05, 0) is 31.9 Å². The van der Waals surface area contributed by atoms with Crippen LogP contribution in [-0.2, 0) is 30.9 Å². The molecule has 0 fully saturated rings. The number of fused-ring (bicyclic) bond motifs is 2. The summed E-state index contributed by atoms with van der Waals surface area (Å²) < 4.78 is 8.63. The average Bonchev–Trinajstić information content (AvgIpc) is 2.70. The van der Waals surface area contributed by atoms with Crippen molar-refractivity contribution < 1.29 is 9.84 Å². The van der Waals surface area contributed by atoms with Gasteiger partial charge >= 0.3 is 5.69 Å². The number of nitrogens with zero attached hydrogens (tertiary/aromatic N) is 3. The molecule has 3 aromatic rings. The van der Waals surface area contributed by atoms with E-state index in [0.717, 1.165) is 16.8 Å². The molecule has 7 heteroatoms. The second-order valence-corrected chi connectivity index (χ2v) is 8.08. The lowest BCUT2D eigenvalue weighted by Gasteiger charge is -2.31. The highest BCUT2D eigenvalue weighted by Gasteiger charge is 2.28. The van der Waals surface area contributed by atoms with Crippen LogP contribution in [0.4, 0.5) is 0 Å². The second kappa shape index (κ2) is 7.57. The number of rotatable bonds is 5. The Labute approximate surface area is 168 Å². The molecule has 0 saturated heterocycles. The standard InChI is InChI=1S/C22H25N3O4/c1-22(2)12-18-16(14-29-22)11-17-19(23-18)25(13-15-7-4-3-5-8-15)21(28)24(20(17)27)9-6-10-26/h3-5,7-8,11,26H,6,9-10,12-14H2,1-2H3. The van der Waals surface area contributed by atoms with Crippen LogP contribution in [0.15, 0.2) is 46.0 Å². The maximum Gasteiger partial charge on any atom is 0.332 e. The predicted octanol–water partition coefficient (Wildman–Crippen LogP) is 1.84. The van der Waals surface area contributed by atoms with Gasteiger partial charge in [0.05, 0.1) is 29.8 Å². The lowest BCUT2D eigenvalue weighted by atomic mass is 9.95. The van der Waals surface area contributed by atoms with Crippen LogP contribution in [0.3, 0.4) is 0 Å². The van der Waals surface area contributed by atoms with Gasteiger partial charge in [0.1, 0.15) is 5.65 Å².